The van der Waals surface area contributed by atoms with E-state index in [1.54, 1.807) is 0 Å². The van der Waals surface area contributed by atoms with Gasteiger partial charge in [-0.1, -0.05) is 129 Å². The number of amides is 1. The molecule has 0 bridgehead atoms. The Morgan fingerprint density at radius 3 is 1.80 bits per heavy atom. The molecule has 1 amide bonds. The third-order valence-corrected chi connectivity index (χ3v) is 9.90. The third-order valence-electron chi connectivity index (χ3n) is 9.43. The molecule has 1 saturated heterocycles. The number of aliphatic hydroxyl groups excluding tert-OH is 5. The van der Waals surface area contributed by atoms with E-state index in [0.717, 1.165) is 51.4 Å². The SMILES string of the molecule is CCCCC/C=C\CCCCCCC(O)C(=O)NC(COC1OC(CO)C(O)C(OS(=O)(=O)O)C1O)C(O)CCCCCCCCCCCCC. The summed E-state index contributed by atoms with van der Waals surface area (Å²) in [6.07, 6.45) is 15.6. The van der Waals surface area contributed by atoms with Crippen LogP contribution in [-0.4, -0.2) is 107 Å². The summed E-state index contributed by atoms with van der Waals surface area (Å²) in [6, 6.07) is -1.03. The van der Waals surface area contributed by atoms with Gasteiger partial charge in [-0.15, -0.1) is 0 Å². The van der Waals surface area contributed by atoms with E-state index in [9.17, 15) is 38.7 Å². The van der Waals surface area contributed by atoms with Gasteiger partial charge in [0.15, 0.2) is 6.29 Å². The fraction of sp³-hybridized carbons (Fsp3) is 0.919. The highest BCUT2D eigenvalue weighted by Gasteiger charge is 2.48. The van der Waals surface area contributed by atoms with Gasteiger partial charge in [0.05, 0.1) is 25.4 Å². The topological polar surface area (TPSA) is 212 Å². The van der Waals surface area contributed by atoms with Crippen LogP contribution in [0.1, 0.15) is 155 Å². The zero-order valence-electron chi connectivity index (χ0n) is 31.3. The van der Waals surface area contributed by atoms with Crippen molar-refractivity contribution in [3.05, 3.63) is 12.2 Å². The lowest BCUT2D eigenvalue weighted by molar-refractivity contribution is -0.298. The zero-order valence-corrected chi connectivity index (χ0v) is 32.1. The van der Waals surface area contributed by atoms with E-state index in [0.29, 0.717) is 19.3 Å². The summed E-state index contributed by atoms with van der Waals surface area (Å²) >= 11 is 0. The van der Waals surface area contributed by atoms with Crippen LogP contribution in [0.3, 0.4) is 0 Å². The van der Waals surface area contributed by atoms with Crippen LogP contribution in [0, 0.1) is 0 Å². The quantitative estimate of drug-likeness (QED) is 0.0274. The minimum absolute atomic E-state index is 0.246. The molecule has 1 heterocycles. The van der Waals surface area contributed by atoms with Gasteiger partial charge < -0.3 is 40.3 Å². The number of carbonyl (C=O) groups excluding carboxylic acids is 1. The second-order valence-corrected chi connectivity index (χ2v) is 15.1. The number of allylic oxidation sites excluding steroid dienone is 2. The van der Waals surface area contributed by atoms with Gasteiger partial charge in [-0.2, -0.15) is 8.42 Å². The standard InChI is InChI=1S/C37H71NO12S/c1-3-5-7-9-11-13-15-17-19-21-23-25-30(40)29(28-48-37-34(43)35(50-51(45,46)47)33(42)32(27-39)49-37)38-36(44)31(41)26-24-22-20-18-16-14-12-10-8-6-4-2/h12,14,29-35,37,39-43H,3-11,13,15-28H2,1-2H3,(H,38,44)(H,45,46,47)/b14-12-. The molecule has 302 valence electrons. The molecule has 1 fully saturated rings. The normalized spacial score (nSPS) is 23.0. The van der Waals surface area contributed by atoms with Crippen LogP contribution in [0.2, 0.25) is 0 Å². The molecular weight excluding hydrogens is 682 g/mol. The second-order valence-electron chi connectivity index (χ2n) is 14.0. The van der Waals surface area contributed by atoms with Crippen LogP contribution in [0.5, 0.6) is 0 Å². The van der Waals surface area contributed by atoms with Gasteiger partial charge in [-0.25, -0.2) is 4.18 Å². The molecule has 1 aliphatic heterocycles. The summed E-state index contributed by atoms with van der Waals surface area (Å²) in [7, 11) is -5.10. The Bertz CT molecular complexity index is 1000. The third kappa shape index (κ3) is 22.6. The molecule has 51 heavy (non-hydrogen) atoms. The summed E-state index contributed by atoms with van der Waals surface area (Å²) < 4.78 is 47.3. The number of nitrogens with one attached hydrogen (secondary N) is 1. The van der Waals surface area contributed by atoms with Gasteiger partial charge >= 0.3 is 10.4 Å². The van der Waals surface area contributed by atoms with Gasteiger partial charge in [0.25, 0.3) is 0 Å². The minimum atomic E-state index is -5.10. The minimum Gasteiger partial charge on any atom is -0.394 e. The van der Waals surface area contributed by atoms with E-state index < -0.39 is 78.5 Å². The monoisotopic (exact) mass is 753 g/mol. The van der Waals surface area contributed by atoms with Crippen LogP contribution >= 0.6 is 0 Å². The fourth-order valence-corrected chi connectivity index (χ4v) is 6.73. The Morgan fingerprint density at radius 2 is 1.25 bits per heavy atom. The van der Waals surface area contributed by atoms with E-state index in [1.807, 2.05) is 0 Å². The average molecular weight is 754 g/mol. The lowest BCUT2D eigenvalue weighted by Crippen LogP contribution is -2.61. The molecule has 7 N–H and O–H groups in total. The Hall–Kier alpha value is -1.20. The number of hydrogen-bond donors (Lipinski definition) is 7. The van der Waals surface area contributed by atoms with Crippen LogP contribution in [-0.2, 0) is 28.9 Å². The van der Waals surface area contributed by atoms with Gasteiger partial charge in [0.2, 0.25) is 5.91 Å². The van der Waals surface area contributed by atoms with Gasteiger partial charge in [0, 0.05) is 0 Å². The number of rotatable bonds is 32. The van der Waals surface area contributed by atoms with E-state index in [-0.39, 0.29) is 6.42 Å². The van der Waals surface area contributed by atoms with E-state index in [2.05, 4.69) is 35.5 Å². The maximum absolute atomic E-state index is 13.0. The lowest BCUT2D eigenvalue weighted by Gasteiger charge is -2.41. The molecule has 0 saturated carbocycles. The van der Waals surface area contributed by atoms with Crippen molar-refractivity contribution in [1.29, 1.82) is 0 Å². The van der Waals surface area contributed by atoms with Crippen molar-refractivity contribution in [1.82, 2.24) is 5.32 Å². The molecule has 1 aliphatic rings. The first kappa shape index (κ1) is 47.8. The van der Waals surface area contributed by atoms with Crippen molar-refractivity contribution in [2.24, 2.45) is 0 Å². The predicted molar refractivity (Wildman–Crippen MR) is 196 cm³/mol. The van der Waals surface area contributed by atoms with E-state index in [4.69, 9.17) is 14.0 Å². The first-order valence-electron chi connectivity index (χ1n) is 19.7. The summed E-state index contributed by atoms with van der Waals surface area (Å²) in [5.74, 6) is -0.682. The molecule has 13 nitrogen and oxygen atoms in total. The van der Waals surface area contributed by atoms with Crippen molar-refractivity contribution in [2.45, 2.75) is 204 Å². The maximum Gasteiger partial charge on any atom is 0.397 e. The fourth-order valence-electron chi connectivity index (χ4n) is 6.22. The average Bonchev–Trinajstić information content (AvgIpc) is 3.09. The summed E-state index contributed by atoms with van der Waals surface area (Å²) in [5.41, 5.74) is 0. The Balaban J connectivity index is 2.69. The molecule has 0 aromatic rings. The van der Waals surface area contributed by atoms with Crippen molar-refractivity contribution < 1.29 is 57.0 Å². The summed E-state index contributed by atoms with van der Waals surface area (Å²) in [6.45, 7) is 3.19. The Morgan fingerprint density at radius 1 is 0.765 bits per heavy atom. The van der Waals surface area contributed by atoms with E-state index >= 15 is 0 Å². The highest BCUT2D eigenvalue weighted by molar-refractivity contribution is 7.80. The summed E-state index contributed by atoms with van der Waals surface area (Å²) in [5, 5.41) is 54.9. The lowest BCUT2D eigenvalue weighted by atomic mass is 9.99. The molecule has 1 rings (SSSR count). The largest absolute Gasteiger partial charge is 0.397 e. The van der Waals surface area contributed by atoms with Crippen LogP contribution in [0.15, 0.2) is 12.2 Å². The Kier molecular flexibility index (Phi) is 27.4. The van der Waals surface area contributed by atoms with Crippen molar-refractivity contribution >= 4 is 16.3 Å². The number of unbranched alkanes of at least 4 members (excludes halogenated alkanes) is 17. The molecule has 0 aromatic carbocycles. The molecule has 0 aliphatic carbocycles. The number of carbonyl (C=O) groups is 1. The van der Waals surface area contributed by atoms with Crippen LogP contribution in [0.25, 0.3) is 0 Å². The molecule has 8 unspecified atom stereocenters. The van der Waals surface area contributed by atoms with Gasteiger partial charge in [-0.3, -0.25) is 9.35 Å². The first-order chi connectivity index (χ1) is 24.4. The summed E-state index contributed by atoms with van der Waals surface area (Å²) in [4.78, 5) is 13.0. The second kappa shape index (κ2) is 29.2. The predicted octanol–water partition coefficient (Wildman–Crippen LogP) is 5.01. The number of ether oxygens (including phenoxy) is 2. The smallest absolute Gasteiger partial charge is 0.394 e. The van der Waals surface area contributed by atoms with Crippen molar-refractivity contribution in [2.75, 3.05) is 13.2 Å². The maximum atomic E-state index is 13.0. The van der Waals surface area contributed by atoms with Crippen molar-refractivity contribution in [3.63, 3.8) is 0 Å². The zero-order chi connectivity index (χ0) is 37.9. The number of aliphatic hydroxyl groups is 5. The molecule has 14 heteroatoms. The first-order valence-corrected chi connectivity index (χ1v) is 21.0. The van der Waals surface area contributed by atoms with Crippen LogP contribution in [0.4, 0.5) is 0 Å². The molecule has 0 aromatic heterocycles. The van der Waals surface area contributed by atoms with E-state index in [1.165, 1.54) is 64.2 Å². The number of hydrogen-bond acceptors (Lipinski definition) is 11. The van der Waals surface area contributed by atoms with Gasteiger partial charge in [-0.05, 0) is 38.5 Å². The molecule has 8 atom stereocenters. The highest BCUT2D eigenvalue weighted by atomic mass is 32.3. The highest BCUT2D eigenvalue weighted by Crippen LogP contribution is 2.26. The Labute approximate surface area is 307 Å². The molecular formula is C37H71NO12S. The van der Waals surface area contributed by atoms with Crippen molar-refractivity contribution in [3.8, 4) is 0 Å². The van der Waals surface area contributed by atoms with Crippen LogP contribution < -0.4 is 5.32 Å². The molecule has 0 radical (unpaired) electrons. The van der Waals surface area contributed by atoms with Gasteiger partial charge in [0.1, 0.15) is 30.5 Å². The molecule has 0 spiro atoms.